The highest BCUT2D eigenvalue weighted by Gasteiger charge is 2.23. The summed E-state index contributed by atoms with van der Waals surface area (Å²) in [6, 6.07) is 11.0. The SMILES string of the molecule is Cc1cccc(C)c1N(CC(=O)N/N=C\c1cccc([N+](=O)[O-])c1)S(C)(=O)=O. The lowest BCUT2D eigenvalue weighted by Crippen LogP contribution is -2.39. The molecule has 10 heteroatoms. The molecule has 0 heterocycles. The Kier molecular flexibility index (Phi) is 6.47. The van der Waals surface area contributed by atoms with Crippen molar-refractivity contribution >= 4 is 33.5 Å². The van der Waals surface area contributed by atoms with Crippen LogP contribution in [0.4, 0.5) is 11.4 Å². The molecule has 1 N–H and O–H groups in total. The van der Waals surface area contributed by atoms with Gasteiger partial charge in [0.1, 0.15) is 6.54 Å². The molecule has 0 bridgehead atoms. The lowest BCUT2D eigenvalue weighted by atomic mass is 10.1. The molecule has 0 aromatic heterocycles. The van der Waals surface area contributed by atoms with Crippen molar-refractivity contribution in [1.29, 1.82) is 0 Å². The predicted octanol–water partition coefficient (Wildman–Crippen LogP) is 2.13. The predicted molar refractivity (Wildman–Crippen MR) is 107 cm³/mol. The van der Waals surface area contributed by atoms with Crippen molar-refractivity contribution < 1.29 is 18.1 Å². The first kappa shape index (κ1) is 21.0. The van der Waals surface area contributed by atoms with Crippen LogP contribution >= 0.6 is 0 Å². The molecule has 0 aliphatic heterocycles. The molecule has 0 aliphatic carbocycles. The lowest BCUT2D eigenvalue weighted by Gasteiger charge is -2.25. The van der Waals surface area contributed by atoms with Crippen molar-refractivity contribution in [3.8, 4) is 0 Å². The van der Waals surface area contributed by atoms with E-state index in [-0.39, 0.29) is 5.69 Å². The average Bonchev–Trinajstić information content (AvgIpc) is 2.60. The molecule has 0 fully saturated rings. The zero-order chi connectivity index (χ0) is 20.9. The van der Waals surface area contributed by atoms with Crippen LogP contribution in [0.3, 0.4) is 0 Å². The number of hydrogen-bond acceptors (Lipinski definition) is 6. The van der Waals surface area contributed by atoms with Gasteiger partial charge >= 0.3 is 0 Å². The second kappa shape index (κ2) is 8.61. The number of nitro groups is 1. The summed E-state index contributed by atoms with van der Waals surface area (Å²) in [7, 11) is -3.70. The minimum Gasteiger partial charge on any atom is -0.271 e. The third kappa shape index (κ3) is 5.36. The number of sulfonamides is 1. The van der Waals surface area contributed by atoms with Gasteiger partial charge < -0.3 is 0 Å². The minimum absolute atomic E-state index is 0.103. The number of rotatable bonds is 7. The summed E-state index contributed by atoms with van der Waals surface area (Å²) in [5.41, 5.74) is 4.45. The fourth-order valence-electron chi connectivity index (χ4n) is 2.62. The Hall–Kier alpha value is -3.27. The van der Waals surface area contributed by atoms with Gasteiger partial charge in [0.2, 0.25) is 10.0 Å². The van der Waals surface area contributed by atoms with E-state index in [2.05, 4.69) is 10.5 Å². The number of amides is 1. The van der Waals surface area contributed by atoms with Crippen molar-refractivity contribution in [1.82, 2.24) is 5.43 Å². The smallest absolute Gasteiger partial charge is 0.270 e. The topological polar surface area (TPSA) is 122 Å². The first-order chi connectivity index (χ1) is 13.1. The Morgan fingerprint density at radius 1 is 1.21 bits per heavy atom. The average molecular weight is 404 g/mol. The number of aryl methyl sites for hydroxylation is 2. The van der Waals surface area contributed by atoms with Gasteiger partial charge in [0.25, 0.3) is 11.6 Å². The van der Waals surface area contributed by atoms with Gasteiger partial charge in [0.15, 0.2) is 0 Å². The maximum atomic E-state index is 12.2. The molecule has 0 unspecified atom stereocenters. The number of hydrogen-bond donors (Lipinski definition) is 1. The van der Waals surface area contributed by atoms with Crippen molar-refractivity contribution in [2.45, 2.75) is 13.8 Å². The van der Waals surface area contributed by atoms with E-state index in [1.54, 1.807) is 38.1 Å². The first-order valence-corrected chi connectivity index (χ1v) is 10.0. The number of nitrogens with zero attached hydrogens (tertiary/aromatic N) is 3. The number of nitrogens with one attached hydrogen (secondary N) is 1. The largest absolute Gasteiger partial charge is 0.271 e. The summed E-state index contributed by atoms with van der Waals surface area (Å²) in [6.45, 7) is 3.08. The van der Waals surface area contributed by atoms with E-state index in [9.17, 15) is 23.3 Å². The molecule has 1 amide bonds. The minimum atomic E-state index is -3.70. The summed E-state index contributed by atoms with van der Waals surface area (Å²) < 4.78 is 25.4. The van der Waals surface area contributed by atoms with Crippen LogP contribution in [0.15, 0.2) is 47.6 Å². The summed E-state index contributed by atoms with van der Waals surface area (Å²) in [5, 5.41) is 14.5. The maximum Gasteiger partial charge on any atom is 0.270 e. The maximum absolute atomic E-state index is 12.2. The van der Waals surface area contributed by atoms with Crippen molar-refractivity contribution in [2.75, 3.05) is 17.1 Å². The zero-order valence-corrected chi connectivity index (χ0v) is 16.4. The van der Waals surface area contributed by atoms with E-state index in [0.29, 0.717) is 11.3 Å². The molecule has 0 spiro atoms. The normalized spacial score (nSPS) is 11.4. The molecule has 0 saturated carbocycles. The summed E-state index contributed by atoms with van der Waals surface area (Å²) in [4.78, 5) is 22.5. The summed E-state index contributed by atoms with van der Waals surface area (Å²) >= 11 is 0. The molecule has 28 heavy (non-hydrogen) atoms. The summed E-state index contributed by atoms with van der Waals surface area (Å²) in [5.74, 6) is -0.644. The van der Waals surface area contributed by atoms with Crippen LogP contribution in [-0.2, 0) is 14.8 Å². The molecule has 0 aliphatic rings. The van der Waals surface area contributed by atoms with Crippen LogP contribution in [-0.4, -0.2) is 38.3 Å². The molecule has 0 saturated heterocycles. The lowest BCUT2D eigenvalue weighted by molar-refractivity contribution is -0.384. The van der Waals surface area contributed by atoms with Crippen molar-refractivity contribution in [3.05, 3.63) is 69.3 Å². The standard InChI is InChI=1S/C18H20N4O5S/c1-13-6-4-7-14(2)18(13)21(28(3,26)27)12-17(23)20-19-11-15-8-5-9-16(10-15)22(24)25/h4-11H,12H2,1-3H3,(H,20,23)/b19-11-. The molecule has 2 aromatic carbocycles. The van der Waals surface area contributed by atoms with Gasteiger partial charge in [-0.05, 0) is 25.0 Å². The Morgan fingerprint density at radius 3 is 2.39 bits per heavy atom. The van der Waals surface area contributed by atoms with Gasteiger partial charge in [-0.1, -0.05) is 30.3 Å². The Balaban J connectivity index is 2.15. The van der Waals surface area contributed by atoms with Gasteiger partial charge in [0, 0.05) is 17.7 Å². The van der Waals surface area contributed by atoms with Crippen LogP contribution < -0.4 is 9.73 Å². The molecular weight excluding hydrogens is 384 g/mol. The van der Waals surface area contributed by atoms with Gasteiger partial charge in [-0.15, -0.1) is 0 Å². The van der Waals surface area contributed by atoms with E-state index < -0.39 is 27.4 Å². The Labute approximate surface area is 162 Å². The van der Waals surface area contributed by atoms with Crippen LogP contribution in [0.5, 0.6) is 0 Å². The van der Waals surface area contributed by atoms with E-state index in [1.807, 2.05) is 0 Å². The van der Waals surface area contributed by atoms with Gasteiger partial charge in [-0.3, -0.25) is 19.2 Å². The van der Waals surface area contributed by atoms with Crippen LogP contribution in [0, 0.1) is 24.0 Å². The number of nitro benzene ring substituents is 1. The fourth-order valence-corrected chi connectivity index (χ4v) is 3.60. The number of benzene rings is 2. The van der Waals surface area contributed by atoms with Crippen molar-refractivity contribution in [2.24, 2.45) is 5.10 Å². The van der Waals surface area contributed by atoms with E-state index in [1.165, 1.54) is 24.4 Å². The Morgan fingerprint density at radius 2 is 1.82 bits per heavy atom. The second-order valence-corrected chi connectivity index (χ2v) is 8.06. The van der Waals surface area contributed by atoms with E-state index in [4.69, 9.17) is 0 Å². The number of para-hydroxylation sites is 1. The third-order valence-corrected chi connectivity index (χ3v) is 4.97. The van der Waals surface area contributed by atoms with Gasteiger partial charge in [0.05, 0.1) is 23.1 Å². The molecule has 0 atom stereocenters. The zero-order valence-electron chi connectivity index (χ0n) is 15.6. The number of carbonyl (C=O) groups is 1. The number of carbonyl (C=O) groups excluding carboxylic acids is 1. The molecule has 9 nitrogen and oxygen atoms in total. The Bertz CT molecular complexity index is 1010. The monoisotopic (exact) mass is 404 g/mol. The first-order valence-electron chi connectivity index (χ1n) is 8.20. The number of anilines is 1. The highest BCUT2D eigenvalue weighted by Crippen LogP contribution is 2.26. The van der Waals surface area contributed by atoms with Crippen LogP contribution in [0.25, 0.3) is 0 Å². The summed E-state index contributed by atoms with van der Waals surface area (Å²) in [6.07, 6.45) is 2.27. The highest BCUT2D eigenvalue weighted by molar-refractivity contribution is 7.92. The van der Waals surface area contributed by atoms with Crippen LogP contribution in [0.2, 0.25) is 0 Å². The van der Waals surface area contributed by atoms with E-state index >= 15 is 0 Å². The molecule has 2 rings (SSSR count). The third-order valence-electron chi connectivity index (χ3n) is 3.86. The van der Waals surface area contributed by atoms with Crippen LogP contribution in [0.1, 0.15) is 16.7 Å². The molecular formula is C18H20N4O5S. The van der Waals surface area contributed by atoms with Crippen molar-refractivity contribution in [3.63, 3.8) is 0 Å². The van der Waals surface area contributed by atoms with Gasteiger partial charge in [-0.25, -0.2) is 13.8 Å². The molecule has 2 aromatic rings. The molecule has 0 radical (unpaired) electrons. The number of non-ortho nitro benzene ring substituents is 1. The fraction of sp³-hybridized carbons (Fsp3) is 0.222. The quantitative estimate of drug-likeness (QED) is 0.430. The van der Waals surface area contributed by atoms with Gasteiger partial charge in [-0.2, -0.15) is 5.10 Å². The number of hydrazone groups is 1. The van der Waals surface area contributed by atoms with E-state index in [0.717, 1.165) is 21.7 Å². The molecule has 148 valence electrons. The highest BCUT2D eigenvalue weighted by atomic mass is 32.2. The second-order valence-electron chi connectivity index (χ2n) is 6.16.